The van der Waals surface area contributed by atoms with Crippen LogP contribution in [0.4, 0.5) is 0 Å². The van der Waals surface area contributed by atoms with E-state index in [1.165, 1.54) is 51.4 Å². The third kappa shape index (κ3) is 13.7. The molecular weight excluding hydrogens is 432 g/mol. The van der Waals surface area contributed by atoms with Gasteiger partial charge >= 0.3 is 11.9 Å². The number of hydrogen-bond acceptors (Lipinski definition) is 6. The molecule has 0 heterocycles. The SMILES string of the molecule is CCCCCCCCOC(C)OC(=O)c1ccccc1C(=O)OC(C)OCCCCCCCC. The van der Waals surface area contributed by atoms with Crippen molar-refractivity contribution in [3.63, 3.8) is 0 Å². The normalized spacial score (nSPS) is 12.8. The number of carbonyl (C=O) groups is 2. The molecule has 194 valence electrons. The van der Waals surface area contributed by atoms with E-state index in [0.717, 1.165) is 25.7 Å². The van der Waals surface area contributed by atoms with Crippen molar-refractivity contribution in [3.8, 4) is 0 Å². The fourth-order valence-corrected chi connectivity index (χ4v) is 3.60. The molecule has 1 aromatic carbocycles. The molecule has 0 aromatic heterocycles. The Morgan fingerprint density at radius 3 is 1.35 bits per heavy atom. The van der Waals surface area contributed by atoms with Crippen molar-refractivity contribution in [3.05, 3.63) is 35.4 Å². The largest absolute Gasteiger partial charge is 0.432 e. The summed E-state index contributed by atoms with van der Waals surface area (Å²) in [7, 11) is 0. The van der Waals surface area contributed by atoms with Crippen molar-refractivity contribution in [2.75, 3.05) is 13.2 Å². The first kappa shape index (κ1) is 30.1. The zero-order valence-electron chi connectivity index (χ0n) is 21.8. The molecule has 0 saturated heterocycles. The first-order chi connectivity index (χ1) is 16.5. The Bertz CT molecular complexity index is 618. The van der Waals surface area contributed by atoms with Crippen LogP contribution in [0.15, 0.2) is 24.3 Å². The second-order valence-corrected chi connectivity index (χ2v) is 8.77. The van der Waals surface area contributed by atoms with Crippen LogP contribution in [0, 0.1) is 0 Å². The summed E-state index contributed by atoms with van der Waals surface area (Å²) in [5.41, 5.74) is 0.316. The lowest BCUT2D eigenvalue weighted by molar-refractivity contribution is -0.101. The summed E-state index contributed by atoms with van der Waals surface area (Å²) >= 11 is 0. The fraction of sp³-hybridized carbons (Fsp3) is 0.714. The van der Waals surface area contributed by atoms with Crippen molar-refractivity contribution < 1.29 is 28.5 Å². The summed E-state index contributed by atoms with van der Waals surface area (Å²) in [5.74, 6) is -1.22. The number of rotatable bonds is 20. The van der Waals surface area contributed by atoms with Crippen molar-refractivity contribution in [1.29, 1.82) is 0 Å². The van der Waals surface area contributed by atoms with Crippen LogP contribution in [0.25, 0.3) is 0 Å². The molecular formula is C28H46O6. The van der Waals surface area contributed by atoms with Crippen LogP contribution in [-0.4, -0.2) is 37.7 Å². The topological polar surface area (TPSA) is 71.1 Å². The zero-order chi connectivity index (χ0) is 25.0. The minimum atomic E-state index is -0.688. The van der Waals surface area contributed by atoms with E-state index in [0.29, 0.717) is 13.2 Å². The molecule has 2 atom stereocenters. The predicted octanol–water partition coefficient (Wildman–Crippen LogP) is 7.45. The Morgan fingerprint density at radius 2 is 0.971 bits per heavy atom. The Balaban J connectivity index is 2.41. The van der Waals surface area contributed by atoms with E-state index in [2.05, 4.69) is 13.8 Å². The van der Waals surface area contributed by atoms with Crippen LogP contribution in [0.5, 0.6) is 0 Å². The van der Waals surface area contributed by atoms with E-state index in [1.54, 1.807) is 38.1 Å². The average Bonchev–Trinajstić information content (AvgIpc) is 2.82. The summed E-state index contributed by atoms with van der Waals surface area (Å²) in [4.78, 5) is 25.3. The van der Waals surface area contributed by atoms with Gasteiger partial charge in [-0.1, -0.05) is 90.2 Å². The van der Waals surface area contributed by atoms with Crippen molar-refractivity contribution in [2.24, 2.45) is 0 Å². The molecule has 6 nitrogen and oxygen atoms in total. The molecule has 0 aliphatic heterocycles. The molecule has 0 bridgehead atoms. The summed E-state index contributed by atoms with van der Waals surface area (Å²) in [6.07, 6.45) is 12.6. The molecule has 0 fully saturated rings. The summed E-state index contributed by atoms with van der Waals surface area (Å²) < 4.78 is 22.0. The third-order valence-corrected chi connectivity index (χ3v) is 5.61. The van der Waals surface area contributed by atoms with Crippen LogP contribution in [0.3, 0.4) is 0 Å². The third-order valence-electron chi connectivity index (χ3n) is 5.61. The van der Waals surface area contributed by atoms with E-state index < -0.39 is 24.5 Å². The minimum Gasteiger partial charge on any atom is -0.432 e. The number of ether oxygens (including phenoxy) is 4. The molecule has 0 N–H and O–H groups in total. The highest BCUT2D eigenvalue weighted by molar-refractivity contribution is 6.03. The molecule has 1 rings (SSSR count). The maximum absolute atomic E-state index is 12.7. The smallest absolute Gasteiger partial charge is 0.341 e. The Hall–Kier alpha value is -1.92. The van der Waals surface area contributed by atoms with Crippen molar-refractivity contribution >= 4 is 11.9 Å². The molecule has 0 radical (unpaired) electrons. The van der Waals surface area contributed by atoms with E-state index >= 15 is 0 Å². The highest BCUT2D eigenvalue weighted by Crippen LogP contribution is 2.15. The van der Waals surface area contributed by atoms with E-state index in [4.69, 9.17) is 18.9 Å². The number of esters is 2. The highest BCUT2D eigenvalue weighted by atomic mass is 16.7. The maximum atomic E-state index is 12.7. The number of hydrogen-bond donors (Lipinski definition) is 0. The van der Waals surface area contributed by atoms with Gasteiger partial charge in [0.15, 0.2) is 12.6 Å². The van der Waals surface area contributed by atoms with Crippen LogP contribution < -0.4 is 0 Å². The van der Waals surface area contributed by atoms with E-state index in [-0.39, 0.29) is 11.1 Å². The standard InChI is InChI=1S/C28H46O6/c1-5-7-9-11-13-17-21-31-23(3)33-27(29)25-19-15-16-20-26(25)28(30)34-24(4)32-22-18-14-12-10-8-6-2/h15-16,19-20,23-24H,5-14,17-18,21-22H2,1-4H3. The van der Waals surface area contributed by atoms with Gasteiger partial charge in [-0.05, 0) is 38.8 Å². The van der Waals surface area contributed by atoms with E-state index in [1.807, 2.05) is 0 Å². The van der Waals surface area contributed by atoms with Gasteiger partial charge in [-0.25, -0.2) is 9.59 Å². The first-order valence-electron chi connectivity index (χ1n) is 13.2. The Labute approximate surface area is 206 Å². The summed E-state index contributed by atoms with van der Waals surface area (Å²) in [6, 6.07) is 6.49. The quantitative estimate of drug-likeness (QED) is 0.110. The number of benzene rings is 1. The lowest BCUT2D eigenvalue weighted by Crippen LogP contribution is -2.23. The predicted molar refractivity (Wildman–Crippen MR) is 135 cm³/mol. The molecule has 6 heteroatoms. The molecule has 0 aliphatic rings. The van der Waals surface area contributed by atoms with Gasteiger partial charge in [0.05, 0.1) is 24.3 Å². The van der Waals surface area contributed by atoms with Crippen molar-refractivity contribution in [1.82, 2.24) is 0 Å². The van der Waals surface area contributed by atoms with Gasteiger partial charge in [-0.3, -0.25) is 0 Å². The van der Waals surface area contributed by atoms with Crippen molar-refractivity contribution in [2.45, 2.75) is 117 Å². The van der Waals surface area contributed by atoms with Gasteiger partial charge in [0.2, 0.25) is 0 Å². The first-order valence-corrected chi connectivity index (χ1v) is 13.2. The fourth-order valence-electron chi connectivity index (χ4n) is 3.60. The molecule has 2 unspecified atom stereocenters. The lowest BCUT2D eigenvalue weighted by atomic mass is 10.1. The second-order valence-electron chi connectivity index (χ2n) is 8.77. The van der Waals surface area contributed by atoms with Gasteiger partial charge in [-0.2, -0.15) is 0 Å². The zero-order valence-corrected chi connectivity index (χ0v) is 21.8. The Kier molecular flexibility index (Phi) is 17.2. The van der Waals surface area contributed by atoms with Crippen LogP contribution in [-0.2, 0) is 18.9 Å². The molecule has 0 amide bonds. The molecule has 0 saturated carbocycles. The van der Waals surface area contributed by atoms with Crippen LogP contribution in [0.1, 0.15) is 125 Å². The van der Waals surface area contributed by atoms with E-state index in [9.17, 15) is 9.59 Å². The average molecular weight is 479 g/mol. The van der Waals surface area contributed by atoms with Crippen LogP contribution >= 0.6 is 0 Å². The lowest BCUT2D eigenvalue weighted by Gasteiger charge is -2.17. The van der Waals surface area contributed by atoms with Gasteiger partial charge in [-0.15, -0.1) is 0 Å². The summed E-state index contributed by atoms with van der Waals surface area (Å²) in [6.45, 7) is 8.85. The second kappa shape index (κ2) is 19.4. The molecule has 1 aromatic rings. The number of carbonyl (C=O) groups excluding carboxylic acids is 2. The maximum Gasteiger partial charge on any atom is 0.341 e. The number of unbranched alkanes of at least 4 members (excludes halogenated alkanes) is 10. The molecule has 0 aliphatic carbocycles. The Morgan fingerprint density at radius 1 is 0.618 bits per heavy atom. The monoisotopic (exact) mass is 478 g/mol. The van der Waals surface area contributed by atoms with Gasteiger partial charge in [0, 0.05) is 0 Å². The molecule has 0 spiro atoms. The minimum absolute atomic E-state index is 0.158. The van der Waals surface area contributed by atoms with Gasteiger partial charge < -0.3 is 18.9 Å². The van der Waals surface area contributed by atoms with Gasteiger partial charge in [0.1, 0.15) is 0 Å². The molecule has 34 heavy (non-hydrogen) atoms. The highest BCUT2D eigenvalue weighted by Gasteiger charge is 2.22. The van der Waals surface area contributed by atoms with Gasteiger partial charge in [0.25, 0.3) is 0 Å². The van der Waals surface area contributed by atoms with Crippen LogP contribution in [0.2, 0.25) is 0 Å². The summed E-state index contributed by atoms with van der Waals surface area (Å²) in [5, 5.41) is 0.